The van der Waals surface area contributed by atoms with E-state index in [0.29, 0.717) is 6.54 Å². The molecular weight excluding hydrogens is 404 g/mol. The minimum Gasteiger partial charge on any atom is -0.481 e. The van der Waals surface area contributed by atoms with Gasteiger partial charge >= 0.3 is 5.97 Å². The lowest BCUT2D eigenvalue weighted by molar-refractivity contribution is -0.143. The second-order valence-electron chi connectivity index (χ2n) is 8.93. The van der Waals surface area contributed by atoms with Gasteiger partial charge in [0.25, 0.3) is 0 Å². The number of hydrogen-bond acceptors (Lipinski definition) is 5. The van der Waals surface area contributed by atoms with Crippen LogP contribution < -0.4 is 0 Å². The molecule has 1 saturated carbocycles. The first kappa shape index (κ1) is 21.1. The molecule has 2 aromatic heterocycles. The number of aliphatic carboxylic acids is 1. The Morgan fingerprint density at radius 2 is 1.84 bits per heavy atom. The number of fused-ring (bicyclic) bond motifs is 1. The monoisotopic (exact) mass is 434 g/mol. The van der Waals surface area contributed by atoms with Crippen molar-refractivity contribution in [2.45, 2.75) is 44.7 Å². The fraction of sp³-hybridized carbons (Fsp3) is 0.480. The highest BCUT2D eigenvalue weighted by atomic mass is 16.5. The molecule has 0 amide bonds. The Morgan fingerprint density at radius 3 is 2.62 bits per heavy atom. The van der Waals surface area contributed by atoms with Crippen LogP contribution in [0.15, 0.2) is 42.6 Å². The average Bonchev–Trinajstić information content (AvgIpc) is 3.17. The van der Waals surface area contributed by atoms with Gasteiger partial charge in [-0.15, -0.1) is 0 Å². The number of rotatable bonds is 6. The van der Waals surface area contributed by atoms with E-state index in [1.165, 1.54) is 5.56 Å². The van der Waals surface area contributed by atoms with Crippen LogP contribution in [-0.4, -0.2) is 56.8 Å². The predicted octanol–water partition coefficient (Wildman–Crippen LogP) is 3.67. The van der Waals surface area contributed by atoms with Crippen LogP contribution in [0.2, 0.25) is 0 Å². The summed E-state index contributed by atoms with van der Waals surface area (Å²) in [6, 6.07) is 12.5. The van der Waals surface area contributed by atoms with Crippen molar-refractivity contribution in [1.29, 1.82) is 0 Å². The second-order valence-corrected chi connectivity index (χ2v) is 8.93. The zero-order valence-corrected chi connectivity index (χ0v) is 18.3. The van der Waals surface area contributed by atoms with Crippen molar-refractivity contribution in [2.75, 3.05) is 26.3 Å². The van der Waals surface area contributed by atoms with Gasteiger partial charge in [0, 0.05) is 19.3 Å². The number of pyridine rings is 1. The summed E-state index contributed by atoms with van der Waals surface area (Å²) in [6.07, 6.45) is 5.67. The topological polar surface area (TPSA) is 80.5 Å². The molecule has 168 valence electrons. The number of nitrogens with zero attached hydrogens (tertiary/aromatic N) is 4. The molecule has 3 aromatic rings. The summed E-state index contributed by atoms with van der Waals surface area (Å²) >= 11 is 0. The summed E-state index contributed by atoms with van der Waals surface area (Å²) in [5, 5.41) is 9.63. The molecule has 2 atom stereocenters. The van der Waals surface area contributed by atoms with E-state index in [9.17, 15) is 9.90 Å². The van der Waals surface area contributed by atoms with Gasteiger partial charge in [0.05, 0.1) is 32.2 Å². The molecule has 1 N–H and O–H groups in total. The van der Waals surface area contributed by atoms with E-state index in [1.54, 1.807) is 0 Å². The zero-order chi connectivity index (χ0) is 21.9. The molecule has 1 unspecified atom stereocenters. The summed E-state index contributed by atoms with van der Waals surface area (Å²) < 4.78 is 7.70. The summed E-state index contributed by atoms with van der Waals surface area (Å²) in [5.41, 5.74) is 4.13. The molecule has 1 aliphatic heterocycles. The molecule has 2 aliphatic rings. The highest BCUT2D eigenvalue weighted by Crippen LogP contribution is 2.38. The molecule has 0 spiro atoms. The number of carboxylic acids is 1. The van der Waals surface area contributed by atoms with Gasteiger partial charge in [-0.25, -0.2) is 9.97 Å². The summed E-state index contributed by atoms with van der Waals surface area (Å²) in [6.45, 7) is 4.83. The van der Waals surface area contributed by atoms with E-state index >= 15 is 0 Å². The van der Waals surface area contributed by atoms with Crippen molar-refractivity contribution in [3.63, 3.8) is 0 Å². The summed E-state index contributed by atoms with van der Waals surface area (Å²) in [7, 11) is 0. The highest BCUT2D eigenvalue weighted by Gasteiger charge is 2.31. The van der Waals surface area contributed by atoms with Gasteiger partial charge in [-0.05, 0) is 42.0 Å². The van der Waals surface area contributed by atoms with Crippen LogP contribution >= 0.6 is 0 Å². The first-order valence-electron chi connectivity index (χ1n) is 11.6. The molecule has 2 fully saturated rings. The normalized spacial score (nSPS) is 22.2. The molecule has 1 aromatic carbocycles. The van der Waals surface area contributed by atoms with Gasteiger partial charge < -0.3 is 14.4 Å². The minimum atomic E-state index is -0.664. The molecule has 32 heavy (non-hydrogen) atoms. The first-order chi connectivity index (χ1) is 15.7. The van der Waals surface area contributed by atoms with Crippen molar-refractivity contribution in [3.05, 3.63) is 59.5 Å². The van der Waals surface area contributed by atoms with Crippen molar-refractivity contribution < 1.29 is 14.6 Å². The van der Waals surface area contributed by atoms with Crippen LogP contribution in [0, 0.1) is 5.92 Å². The summed E-state index contributed by atoms with van der Waals surface area (Å²) in [4.78, 5) is 23.6. The summed E-state index contributed by atoms with van der Waals surface area (Å²) in [5.74, 6) is 0.199. The van der Waals surface area contributed by atoms with Crippen LogP contribution in [-0.2, 0) is 22.6 Å². The lowest BCUT2D eigenvalue weighted by atomic mass is 9.75. The fourth-order valence-electron chi connectivity index (χ4n) is 5.13. The van der Waals surface area contributed by atoms with Gasteiger partial charge in [0.1, 0.15) is 11.3 Å². The van der Waals surface area contributed by atoms with Crippen molar-refractivity contribution in [2.24, 2.45) is 5.92 Å². The average molecular weight is 435 g/mol. The SMILES string of the molecule is O=C(O)[C@@H]1CCCCC1c1ccc(Cn2c(CN3CCOCC3)nc3cccnc32)cc1. The molecule has 7 heteroatoms. The van der Waals surface area contributed by atoms with Crippen LogP contribution in [0.1, 0.15) is 48.6 Å². The number of ether oxygens (including phenoxy) is 1. The van der Waals surface area contributed by atoms with Gasteiger partial charge in [0.2, 0.25) is 0 Å². The predicted molar refractivity (Wildman–Crippen MR) is 122 cm³/mol. The molecule has 1 aliphatic carbocycles. The Labute approximate surface area is 188 Å². The Hall–Kier alpha value is -2.77. The van der Waals surface area contributed by atoms with Gasteiger partial charge in [-0.2, -0.15) is 0 Å². The molecule has 5 rings (SSSR count). The maximum atomic E-state index is 11.7. The molecule has 3 heterocycles. The van der Waals surface area contributed by atoms with Crippen LogP contribution in [0.3, 0.4) is 0 Å². The van der Waals surface area contributed by atoms with Crippen molar-refractivity contribution in [1.82, 2.24) is 19.4 Å². The number of imidazole rings is 1. The third kappa shape index (κ3) is 4.40. The maximum absolute atomic E-state index is 11.7. The van der Waals surface area contributed by atoms with Gasteiger partial charge in [-0.3, -0.25) is 9.69 Å². The van der Waals surface area contributed by atoms with Crippen molar-refractivity contribution >= 4 is 17.1 Å². The molecule has 7 nitrogen and oxygen atoms in total. The van der Waals surface area contributed by atoms with E-state index in [1.807, 2.05) is 18.3 Å². The van der Waals surface area contributed by atoms with Gasteiger partial charge in [0.15, 0.2) is 5.65 Å². The smallest absolute Gasteiger partial charge is 0.307 e. The third-order valence-electron chi connectivity index (χ3n) is 6.88. The number of benzene rings is 1. The van der Waals surface area contributed by atoms with Crippen LogP contribution in [0.5, 0.6) is 0 Å². The van der Waals surface area contributed by atoms with Gasteiger partial charge in [-0.1, -0.05) is 37.1 Å². The Balaban J connectivity index is 1.39. The standard InChI is InChI=1S/C25H30N4O3/c30-25(31)21-5-2-1-4-20(21)19-9-7-18(8-10-19)16-29-23(17-28-12-14-32-15-13-28)27-22-6-3-11-26-24(22)29/h3,6-11,20-21H,1-2,4-5,12-17H2,(H,30,31)/t20?,21-/m1/s1. The number of carboxylic acid groups (broad SMARTS) is 1. The molecule has 1 saturated heterocycles. The van der Waals surface area contributed by atoms with Crippen LogP contribution in [0.25, 0.3) is 11.2 Å². The Kier molecular flexibility index (Phi) is 6.19. The first-order valence-corrected chi connectivity index (χ1v) is 11.6. The molecule has 0 radical (unpaired) electrons. The Morgan fingerprint density at radius 1 is 1.06 bits per heavy atom. The second kappa shape index (κ2) is 9.38. The van der Waals surface area contributed by atoms with E-state index in [2.05, 4.69) is 38.7 Å². The number of hydrogen-bond donors (Lipinski definition) is 1. The largest absolute Gasteiger partial charge is 0.481 e. The molecule has 0 bridgehead atoms. The quantitative estimate of drug-likeness (QED) is 0.638. The van der Waals surface area contributed by atoms with E-state index in [0.717, 1.165) is 81.1 Å². The molecular formula is C25H30N4O3. The lowest BCUT2D eigenvalue weighted by Crippen LogP contribution is -2.36. The maximum Gasteiger partial charge on any atom is 0.307 e. The fourth-order valence-corrected chi connectivity index (χ4v) is 5.13. The van der Waals surface area contributed by atoms with Crippen LogP contribution in [0.4, 0.5) is 0 Å². The third-order valence-corrected chi connectivity index (χ3v) is 6.88. The number of morpholine rings is 1. The highest BCUT2D eigenvalue weighted by molar-refractivity contribution is 5.72. The zero-order valence-electron chi connectivity index (χ0n) is 18.3. The van der Waals surface area contributed by atoms with E-state index < -0.39 is 5.97 Å². The number of carbonyl (C=O) groups is 1. The Bertz CT molecular complexity index is 1070. The number of aromatic nitrogens is 3. The lowest BCUT2D eigenvalue weighted by Gasteiger charge is -2.29. The van der Waals surface area contributed by atoms with E-state index in [-0.39, 0.29) is 11.8 Å². The van der Waals surface area contributed by atoms with E-state index in [4.69, 9.17) is 9.72 Å². The minimum absolute atomic E-state index is 0.114. The van der Waals surface area contributed by atoms with Crippen molar-refractivity contribution in [3.8, 4) is 0 Å².